The van der Waals surface area contributed by atoms with Crippen molar-refractivity contribution >= 4 is 5.91 Å². The lowest BCUT2D eigenvalue weighted by atomic mass is 9.80. The van der Waals surface area contributed by atoms with Crippen molar-refractivity contribution < 1.29 is 19.4 Å². The fraction of sp³-hybridized carbons (Fsp3) is 0.591. The van der Waals surface area contributed by atoms with E-state index in [2.05, 4.69) is 12.1 Å². The van der Waals surface area contributed by atoms with Crippen molar-refractivity contribution in [2.45, 2.75) is 51.2 Å². The second-order valence-electron chi connectivity index (χ2n) is 7.29. The molecule has 0 radical (unpaired) electrons. The third-order valence-corrected chi connectivity index (χ3v) is 5.45. The number of piperidine rings is 1. The van der Waals surface area contributed by atoms with Gasteiger partial charge in [-0.05, 0) is 50.7 Å². The van der Waals surface area contributed by atoms with E-state index in [0.29, 0.717) is 18.8 Å². The van der Waals surface area contributed by atoms with Crippen molar-refractivity contribution in [3.63, 3.8) is 0 Å². The number of carbonyl (C=O) groups excluding carboxylic acids is 1. The fourth-order valence-electron chi connectivity index (χ4n) is 4.07. The van der Waals surface area contributed by atoms with E-state index >= 15 is 0 Å². The van der Waals surface area contributed by atoms with E-state index in [1.807, 2.05) is 36.1 Å². The number of hydrogen-bond acceptors (Lipinski definition) is 4. The molecular weight excluding hydrogens is 342 g/mol. The summed E-state index contributed by atoms with van der Waals surface area (Å²) < 4.78 is 12.0. The molecule has 1 fully saturated rings. The van der Waals surface area contributed by atoms with Crippen LogP contribution in [-0.2, 0) is 14.3 Å². The van der Waals surface area contributed by atoms with Gasteiger partial charge in [0.25, 0.3) is 5.91 Å². The molecule has 2 heterocycles. The number of carbonyl (C=O) groups is 1. The number of aliphatic hydroxyl groups excluding tert-OH is 1. The molecule has 3 atom stereocenters. The van der Waals surface area contributed by atoms with Crippen LogP contribution in [0.1, 0.15) is 50.5 Å². The maximum absolute atomic E-state index is 13.0. The maximum Gasteiger partial charge on any atom is 0.288 e. The number of amides is 1. The van der Waals surface area contributed by atoms with Gasteiger partial charge in [-0.1, -0.05) is 30.3 Å². The minimum absolute atomic E-state index is 0.0269. The number of allylic oxidation sites excluding steroid dienone is 1. The Balaban J connectivity index is 1.90. The van der Waals surface area contributed by atoms with E-state index in [1.54, 1.807) is 0 Å². The van der Waals surface area contributed by atoms with Gasteiger partial charge in [-0.25, -0.2) is 0 Å². The van der Waals surface area contributed by atoms with Gasteiger partial charge in [-0.2, -0.15) is 0 Å². The number of likely N-dealkylation sites (tertiary alicyclic amines) is 1. The van der Waals surface area contributed by atoms with Crippen LogP contribution in [0, 0.1) is 5.92 Å². The van der Waals surface area contributed by atoms with Crippen LogP contribution in [0.5, 0.6) is 0 Å². The molecule has 0 spiro atoms. The van der Waals surface area contributed by atoms with Gasteiger partial charge in [0, 0.05) is 38.1 Å². The van der Waals surface area contributed by atoms with Gasteiger partial charge >= 0.3 is 0 Å². The van der Waals surface area contributed by atoms with E-state index in [4.69, 9.17) is 9.47 Å². The van der Waals surface area contributed by atoms with Crippen LogP contribution in [0.3, 0.4) is 0 Å². The second kappa shape index (κ2) is 9.90. The Bertz CT molecular complexity index is 624. The zero-order valence-corrected chi connectivity index (χ0v) is 16.2. The van der Waals surface area contributed by atoms with Gasteiger partial charge in [0.2, 0.25) is 6.29 Å². The zero-order chi connectivity index (χ0) is 19.1. The molecule has 0 bridgehead atoms. The van der Waals surface area contributed by atoms with Gasteiger partial charge in [-0.15, -0.1) is 0 Å². The molecule has 148 valence electrons. The summed E-state index contributed by atoms with van der Waals surface area (Å²) in [7, 11) is 0. The predicted molar refractivity (Wildman–Crippen MR) is 104 cm³/mol. The van der Waals surface area contributed by atoms with Crippen LogP contribution in [-0.4, -0.2) is 48.5 Å². The van der Waals surface area contributed by atoms with Crippen molar-refractivity contribution in [3.05, 3.63) is 47.7 Å². The standard InChI is InChI=1S/C22H31NO4/c1-2-26-22-18(12-9-15-24)19(17-10-5-3-6-11-17)16-20(27-22)21(25)23-13-7-4-8-14-23/h3,5-6,10-11,16,18-19,22,24H,2,4,7-9,12-15H2,1H3/t18-,19+,22+/m1/s1. The lowest BCUT2D eigenvalue weighted by molar-refractivity contribution is -0.170. The van der Waals surface area contributed by atoms with Gasteiger partial charge < -0.3 is 19.5 Å². The van der Waals surface area contributed by atoms with Crippen molar-refractivity contribution in [3.8, 4) is 0 Å². The third-order valence-electron chi connectivity index (χ3n) is 5.45. The summed E-state index contributed by atoms with van der Waals surface area (Å²) in [5, 5.41) is 9.32. The molecule has 5 heteroatoms. The normalized spacial score (nSPS) is 25.6. The van der Waals surface area contributed by atoms with Gasteiger partial charge in [0.1, 0.15) is 0 Å². The quantitative estimate of drug-likeness (QED) is 0.795. The van der Waals surface area contributed by atoms with Crippen LogP contribution in [0.15, 0.2) is 42.2 Å². The molecule has 0 saturated carbocycles. The van der Waals surface area contributed by atoms with Gasteiger partial charge in [0.05, 0.1) is 0 Å². The Morgan fingerprint density at radius 3 is 2.63 bits per heavy atom. The van der Waals surface area contributed by atoms with Crippen LogP contribution in [0.4, 0.5) is 0 Å². The largest absolute Gasteiger partial charge is 0.459 e. The number of nitrogens with zero attached hydrogens (tertiary/aromatic N) is 1. The first-order valence-electron chi connectivity index (χ1n) is 10.2. The Kier molecular flexibility index (Phi) is 7.30. The summed E-state index contributed by atoms with van der Waals surface area (Å²) in [5.74, 6) is 0.481. The molecular formula is C22H31NO4. The summed E-state index contributed by atoms with van der Waals surface area (Å²) in [6, 6.07) is 10.2. The van der Waals surface area contributed by atoms with Crippen LogP contribution in [0.2, 0.25) is 0 Å². The highest BCUT2D eigenvalue weighted by Gasteiger charge is 2.38. The molecule has 0 aliphatic carbocycles. The highest BCUT2D eigenvalue weighted by Crippen LogP contribution is 2.39. The lowest BCUT2D eigenvalue weighted by Crippen LogP contribution is -2.42. The van der Waals surface area contributed by atoms with E-state index in [1.165, 1.54) is 6.42 Å². The molecule has 1 N–H and O–H groups in total. The maximum atomic E-state index is 13.0. The number of aliphatic hydroxyl groups is 1. The summed E-state index contributed by atoms with van der Waals surface area (Å²) in [5.41, 5.74) is 1.15. The second-order valence-corrected chi connectivity index (χ2v) is 7.29. The topological polar surface area (TPSA) is 59.0 Å². The predicted octanol–water partition coefficient (Wildman–Crippen LogP) is 3.45. The average Bonchev–Trinajstić information content (AvgIpc) is 2.73. The minimum atomic E-state index is -0.472. The Morgan fingerprint density at radius 2 is 1.96 bits per heavy atom. The molecule has 27 heavy (non-hydrogen) atoms. The number of hydrogen-bond donors (Lipinski definition) is 1. The highest BCUT2D eigenvalue weighted by atomic mass is 16.7. The van der Waals surface area contributed by atoms with E-state index in [-0.39, 0.29) is 24.3 Å². The van der Waals surface area contributed by atoms with Crippen LogP contribution in [0.25, 0.3) is 0 Å². The third kappa shape index (κ3) is 4.90. The number of rotatable bonds is 7. The molecule has 5 nitrogen and oxygen atoms in total. The molecule has 1 saturated heterocycles. The SMILES string of the molecule is CCO[C@H]1OC(C(=O)N2CCCCC2)=C[C@@H](c2ccccc2)[C@H]1CCCO. The summed E-state index contributed by atoms with van der Waals surface area (Å²) in [6.45, 7) is 4.19. The summed E-state index contributed by atoms with van der Waals surface area (Å²) >= 11 is 0. The molecule has 3 rings (SSSR count). The highest BCUT2D eigenvalue weighted by molar-refractivity contribution is 5.91. The molecule has 0 unspecified atom stereocenters. The first-order chi connectivity index (χ1) is 13.2. The molecule has 1 aromatic rings. The van der Waals surface area contributed by atoms with E-state index < -0.39 is 6.29 Å². The molecule has 2 aliphatic heterocycles. The Hall–Kier alpha value is -1.85. The minimum Gasteiger partial charge on any atom is -0.459 e. The van der Waals surface area contributed by atoms with Crippen LogP contribution < -0.4 is 0 Å². The van der Waals surface area contributed by atoms with E-state index in [0.717, 1.165) is 37.9 Å². The van der Waals surface area contributed by atoms with E-state index in [9.17, 15) is 9.90 Å². The Labute approximate surface area is 162 Å². The van der Waals surface area contributed by atoms with Crippen molar-refractivity contribution in [2.24, 2.45) is 5.92 Å². The first-order valence-corrected chi connectivity index (χ1v) is 10.2. The molecule has 1 aromatic carbocycles. The van der Waals surface area contributed by atoms with Crippen molar-refractivity contribution in [1.29, 1.82) is 0 Å². The molecule has 2 aliphatic rings. The van der Waals surface area contributed by atoms with Gasteiger partial charge in [0.15, 0.2) is 5.76 Å². The number of benzene rings is 1. The van der Waals surface area contributed by atoms with Gasteiger partial charge in [-0.3, -0.25) is 4.79 Å². The first kappa shape index (κ1) is 19.9. The average molecular weight is 373 g/mol. The fourth-order valence-corrected chi connectivity index (χ4v) is 4.07. The molecule has 0 aromatic heterocycles. The van der Waals surface area contributed by atoms with Crippen LogP contribution >= 0.6 is 0 Å². The van der Waals surface area contributed by atoms with Crippen molar-refractivity contribution in [1.82, 2.24) is 4.90 Å². The Morgan fingerprint density at radius 1 is 1.22 bits per heavy atom. The zero-order valence-electron chi connectivity index (χ0n) is 16.2. The summed E-state index contributed by atoms with van der Waals surface area (Å²) in [4.78, 5) is 14.9. The molecule has 1 amide bonds. The summed E-state index contributed by atoms with van der Waals surface area (Å²) in [6.07, 6.45) is 6.25. The lowest BCUT2D eigenvalue weighted by Gasteiger charge is -2.38. The van der Waals surface area contributed by atoms with Crippen molar-refractivity contribution in [2.75, 3.05) is 26.3 Å². The number of ether oxygens (including phenoxy) is 2. The monoisotopic (exact) mass is 373 g/mol. The smallest absolute Gasteiger partial charge is 0.288 e.